The third kappa shape index (κ3) is 1.95. The summed E-state index contributed by atoms with van der Waals surface area (Å²) < 4.78 is 13.5. The van der Waals surface area contributed by atoms with Crippen LogP contribution in [0.25, 0.3) is 0 Å². The van der Waals surface area contributed by atoms with Crippen LogP contribution in [-0.4, -0.2) is 11.1 Å². The average molecular weight is 345 g/mol. The second-order valence-corrected chi connectivity index (χ2v) is 4.05. The number of aromatic carboxylic acids is 1. The minimum Gasteiger partial charge on any atom is -0.478 e. The SMILES string of the molecule is O=C(O)c1cc(Br)cc(F)c1I. The summed E-state index contributed by atoms with van der Waals surface area (Å²) in [5.41, 5.74) is -0.0255. The zero-order chi connectivity index (χ0) is 9.30. The van der Waals surface area contributed by atoms with Crippen LogP contribution in [0.15, 0.2) is 16.6 Å². The normalized spacial score (nSPS) is 9.92. The van der Waals surface area contributed by atoms with Gasteiger partial charge in [0, 0.05) is 4.47 Å². The largest absolute Gasteiger partial charge is 0.478 e. The van der Waals surface area contributed by atoms with Gasteiger partial charge in [-0.15, -0.1) is 0 Å². The summed E-state index contributed by atoms with van der Waals surface area (Å²) in [7, 11) is 0. The molecular formula is C7H3BrFIO2. The molecule has 2 nitrogen and oxygen atoms in total. The Morgan fingerprint density at radius 1 is 1.58 bits per heavy atom. The number of hydrogen-bond donors (Lipinski definition) is 1. The van der Waals surface area contributed by atoms with Crippen LogP contribution in [-0.2, 0) is 0 Å². The molecule has 0 bridgehead atoms. The second-order valence-electron chi connectivity index (χ2n) is 2.05. The molecular weight excluding hydrogens is 342 g/mol. The van der Waals surface area contributed by atoms with Gasteiger partial charge in [0.05, 0.1) is 9.13 Å². The van der Waals surface area contributed by atoms with Crippen LogP contribution in [0, 0.1) is 9.39 Å². The molecule has 1 aromatic rings. The quantitative estimate of drug-likeness (QED) is 0.628. The van der Waals surface area contributed by atoms with E-state index in [9.17, 15) is 9.18 Å². The van der Waals surface area contributed by atoms with Crippen molar-refractivity contribution in [1.82, 2.24) is 0 Å². The second kappa shape index (κ2) is 3.69. The maximum absolute atomic E-state index is 12.9. The van der Waals surface area contributed by atoms with Crippen molar-refractivity contribution in [3.05, 3.63) is 31.6 Å². The number of carbonyl (C=O) groups is 1. The van der Waals surface area contributed by atoms with E-state index in [0.717, 1.165) is 0 Å². The van der Waals surface area contributed by atoms with E-state index in [-0.39, 0.29) is 9.13 Å². The molecule has 0 radical (unpaired) electrons. The summed E-state index contributed by atoms with van der Waals surface area (Å²) in [6.07, 6.45) is 0. The van der Waals surface area contributed by atoms with Crippen LogP contribution in [0.4, 0.5) is 4.39 Å². The van der Waals surface area contributed by atoms with Gasteiger partial charge in [0.15, 0.2) is 0 Å². The molecule has 0 aliphatic rings. The highest BCUT2D eigenvalue weighted by molar-refractivity contribution is 14.1. The number of rotatable bonds is 1. The lowest BCUT2D eigenvalue weighted by Crippen LogP contribution is -2.01. The van der Waals surface area contributed by atoms with Gasteiger partial charge >= 0.3 is 5.97 Å². The van der Waals surface area contributed by atoms with Crippen molar-refractivity contribution >= 4 is 44.5 Å². The van der Waals surface area contributed by atoms with Gasteiger partial charge in [-0.2, -0.15) is 0 Å². The summed E-state index contributed by atoms with van der Waals surface area (Å²) in [5.74, 6) is -1.65. The minimum atomic E-state index is -1.13. The Morgan fingerprint density at radius 3 is 2.67 bits per heavy atom. The van der Waals surface area contributed by atoms with Crippen molar-refractivity contribution in [1.29, 1.82) is 0 Å². The maximum Gasteiger partial charge on any atom is 0.336 e. The Bertz CT molecular complexity index is 340. The fourth-order valence-electron chi connectivity index (χ4n) is 0.712. The predicted molar refractivity (Wildman–Crippen MR) is 53.8 cm³/mol. The van der Waals surface area contributed by atoms with E-state index in [4.69, 9.17) is 5.11 Å². The van der Waals surface area contributed by atoms with Gasteiger partial charge < -0.3 is 5.11 Å². The van der Waals surface area contributed by atoms with E-state index in [1.165, 1.54) is 12.1 Å². The van der Waals surface area contributed by atoms with Gasteiger partial charge in [-0.1, -0.05) is 15.9 Å². The van der Waals surface area contributed by atoms with Crippen LogP contribution in [0.2, 0.25) is 0 Å². The number of benzene rings is 1. The van der Waals surface area contributed by atoms with Crippen molar-refractivity contribution in [2.75, 3.05) is 0 Å². The molecule has 1 aromatic carbocycles. The topological polar surface area (TPSA) is 37.3 Å². The minimum absolute atomic E-state index is 0.0255. The van der Waals surface area contributed by atoms with Crippen LogP contribution < -0.4 is 0 Å². The van der Waals surface area contributed by atoms with E-state index in [0.29, 0.717) is 4.47 Å². The first-order chi connectivity index (χ1) is 5.52. The predicted octanol–water partition coefficient (Wildman–Crippen LogP) is 2.89. The fourth-order valence-corrected chi connectivity index (χ4v) is 1.68. The number of halogens is 3. The lowest BCUT2D eigenvalue weighted by molar-refractivity contribution is 0.0695. The molecule has 1 rings (SSSR count). The average Bonchev–Trinajstić information content (AvgIpc) is 1.96. The molecule has 0 atom stereocenters. The Morgan fingerprint density at radius 2 is 2.17 bits per heavy atom. The molecule has 0 aliphatic carbocycles. The Kier molecular flexibility index (Phi) is 3.05. The zero-order valence-electron chi connectivity index (χ0n) is 5.64. The van der Waals surface area contributed by atoms with E-state index >= 15 is 0 Å². The van der Waals surface area contributed by atoms with Gasteiger partial charge in [0.1, 0.15) is 5.82 Å². The van der Waals surface area contributed by atoms with E-state index < -0.39 is 11.8 Å². The van der Waals surface area contributed by atoms with Crippen LogP contribution in [0.3, 0.4) is 0 Å². The molecule has 5 heteroatoms. The third-order valence-electron chi connectivity index (χ3n) is 1.22. The van der Waals surface area contributed by atoms with E-state index in [1.807, 2.05) is 0 Å². The Hall–Kier alpha value is -0.170. The van der Waals surface area contributed by atoms with Crippen molar-refractivity contribution in [2.45, 2.75) is 0 Å². The Labute approximate surface area is 90.0 Å². The van der Waals surface area contributed by atoms with E-state index in [1.54, 1.807) is 22.6 Å². The molecule has 0 spiro atoms. The molecule has 0 saturated heterocycles. The van der Waals surface area contributed by atoms with Crippen LogP contribution in [0.5, 0.6) is 0 Å². The zero-order valence-corrected chi connectivity index (χ0v) is 9.39. The lowest BCUT2D eigenvalue weighted by Gasteiger charge is -2.00. The lowest BCUT2D eigenvalue weighted by atomic mass is 10.2. The summed E-state index contributed by atoms with van der Waals surface area (Å²) in [6.45, 7) is 0. The summed E-state index contributed by atoms with van der Waals surface area (Å²) in [4.78, 5) is 10.5. The first kappa shape index (κ1) is 9.91. The molecule has 0 unspecified atom stereocenters. The monoisotopic (exact) mass is 344 g/mol. The molecule has 64 valence electrons. The Balaban J connectivity index is 3.37. The van der Waals surface area contributed by atoms with Gasteiger partial charge in [-0.25, -0.2) is 9.18 Å². The first-order valence-electron chi connectivity index (χ1n) is 2.90. The highest BCUT2D eigenvalue weighted by Gasteiger charge is 2.12. The molecule has 0 fully saturated rings. The number of hydrogen-bond acceptors (Lipinski definition) is 1. The molecule has 0 aliphatic heterocycles. The summed E-state index contributed by atoms with van der Waals surface area (Å²) in [5, 5.41) is 8.62. The van der Waals surface area contributed by atoms with Gasteiger partial charge in [0.2, 0.25) is 0 Å². The third-order valence-corrected chi connectivity index (χ3v) is 2.78. The molecule has 12 heavy (non-hydrogen) atoms. The van der Waals surface area contributed by atoms with Gasteiger partial charge in [0.25, 0.3) is 0 Å². The van der Waals surface area contributed by atoms with Crippen molar-refractivity contribution in [3.63, 3.8) is 0 Å². The number of carboxylic acid groups (broad SMARTS) is 1. The summed E-state index contributed by atoms with van der Waals surface area (Å²) in [6, 6.07) is 2.60. The molecule has 0 saturated carbocycles. The molecule has 0 aromatic heterocycles. The van der Waals surface area contributed by atoms with E-state index in [2.05, 4.69) is 15.9 Å². The highest BCUT2D eigenvalue weighted by atomic mass is 127. The molecule has 0 heterocycles. The van der Waals surface area contributed by atoms with Crippen molar-refractivity contribution in [3.8, 4) is 0 Å². The smallest absolute Gasteiger partial charge is 0.336 e. The maximum atomic E-state index is 12.9. The van der Waals surface area contributed by atoms with Gasteiger partial charge in [-0.3, -0.25) is 0 Å². The number of carboxylic acids is 1. The highest BCUT2D eigenvalue weighted by Crippen LogP contribution is 2.21. The van der Waals surface area contributed by atoms with Crippen molar-refractivity contribution < 1.29 is 14.3 Å². The van der Waals surface area contributed by atoms with Crippen LogP contribution in [0.1, 0.15) is 10.4 Å². The van der Waals surface area contributed by atoms with Crippen molar-refractivity contribution in [2.24, 2.45) is 0 Å². The standard InChI is InChI=1S/C7H3BrFIO2/c8-3-1-4(7(11)12)6(10)5(9)2-3/h1-2H,(H,11,12). The van der Waals surface area contributed by atoms with Crippen LogP contribution >= 0.6 is 38.5 Å². The molecule has 0 amide bonds. The van der Waals surface area contributed by atoms with Gasteiger partial charge in [-0.05, 0) is 34.7 Å². The fraction of sp³-hybridized carbons (Fsp3) is 0. The summed E-state index contributed by atoms with van der Waals surface area (Å²) >= 11 is 4.67. The molecule has 1 N–H and O–H groups in total. The first-order valence-corrected chi connectivity index (χ1v) is 4.77.